The summed E-state index contributed by atoms with van der Waals surface area (Å²) >= 11 is 3.54. The Morgan fingerprint density at radius 2 is 1.84 bits per heavy atom. The second-order valence-corrected chi connectivity index (χ2v) is 6.67. The van der Waals surface area contributed by atoms with Gasteiger partial charge in [0, 0.05) is 42.3 Å². The van der Waals surface area contributed by atoms with Crippen molar-refractivity contribution in [2.75, 3.05) is 29.4 Å². The first-order valence-electron chi connectivity index (χ1n) is 7.03. The summed E-state index contributed by atoms with van der Waals surface area (Å²) in [6.07, 6.45) is 4.49. The number of hydrogen-bond acceptors (Lipinski definition) is 2. The van der Waals surface area contributed by atoms with Crippen molar-refractivity contribution in [2.45, 2.75) is 30.5 Å². The molecule has 0 N–H and O–H groups in total. The number of nitrogens with zero attached hydrogens (tertiary/aromatic N) is 2. The lowest BCUT2D eigenvalue weighted by molar-refractivity contribution is -0.117. The van der Waals surface area contributed by atoms with Crippen LogP contribution >= 0.6 is 15.9 Å². The number of alkyl halides is 1. The molecule has 3 nitrogen and oxygen atoms in total. The van der Waals surface area contributed by atoms with E-state index in [2.05, 4.69) is 39.0 Å². The zero-order valence-electron chi connectivity index (χ0n) is 11.0. The monoisotopic (exact) mass is 322 g/mol. The Hall–Kier alpha value is -1.03. The van der Waals surface area contributed by atoms with E-state index >= 15 is 0 Å². The van der Waals surface area contributed by atoms with Gasteiger partial charge in [-0.3, -0.25) is 4.79 Å². The molecule has 2 fully saturated rings. The first-order valence-corrected chi connectivity index (χ1v) is 7.95. The van der Waals surface area contributed by atoms with Gasteiger partial charge in [-0.2, -0.15) is 0 Å². The first kappa shape index (κ1) is 13.0. The summed E-state index contributed by atoms with van der Waals surface area (Å²) in [7, 11) is 0. The Morgan fingerprint density at radius 1 is 1.11 bits per heavy atom. The number of rotatable bonds is 2. The topological polar surface area (TPSA) is 23.6 Å². The molecule has 2 aliphatic heterocycles. The minimum Gasteiger partial charge on any atom is -0.371 e. The number of hydrogen-bond donors (Lipinski definition) is 0. The van der Waals surface area contributed by atoms with Gasteiger partial charge in [-0.25, -0.2) is 0 Å². The van der Waals surface area contributed by atoms with Crippen molar-refractivity contribution in [1.82, 2.24) is 0 Å². The summed E-state index contributed by atoms with van der Waals surface area (Å²) in [5.41, 5.74) is 2.29. The summed E-state index contributed by atoms with van der Waals surface area (Å²) in [5.74, 6) is 0.220. The molecular weight excluding hydrogens is 304 g/mol. The number of benzene rings is 1. The number of halogens is 1. The van der Waals surface area contributed by atoms with Gasteiger partial charge in [0.1, 0.15) is 0 Å². The number of carbonyl (C=O) groups is 1. The van der Waals surface area contributed by atoms with Gasteiger partial charge in [0.2, 0.25) is 5.91 Å². The average Bonchev–Trinajstić information content (AvgIpc) is 2.79. The van der Waals surface area contributed by atoms with E-state index in [1.165, 1.54) is 24.9 Å². The highest BCUT2D eigenvalue weighted by Crippen LogP contribution is 2.29. The quantitative estimate of drug-likeness (QED) is 0.781. The predicted octanol–water partition coefficient (Wildman–Crippen LogP) is 3.18. The number of piperidine rings is 1. The molecule has 19 heavy (non-hydrogen) atoms. The molecule has 1 atom stereocenters. The predicted molar refractivity (Wildman–Crippen MR) is 82.2 cm³/mol. The Balaban J connectivity index is 1.81. The molecule has 0 saturated carbocycles. The third-order valence-electron chi connectivity index (χ3n) is 3.94. The zero-order valence-corrected chi connectivity index (χ0v) is 12.6. The van der Waals surface area contributed by atoms with Gasteiger partial charge >= 0.3 is 0 Å². The third-order valence-corrected chi connectivity index (χ3v) is 4.55. The van der Waals surface area contributed by atoms with Crippen molar-refractivity contribution in [3.8, 4) is 0 Å². The van der Waals surface area contributed by atoms with Crippen molar-refractivity contribution in [2.24, 2.45) is 0 Å². The van der Waals surface area contributed by atoms with Gasteiger partial charge < -0.3 is 9.80 Å². The van der Waals surface area contributed by atoms with E-state index < -0.39 is 0 Å². The molecule has 0 spiro atoms. The Labute approximate surface area is 122 Å². The lowest BCUT2D eigenvalue weighted by atomic mass is 10.1. The van der Waals surface area contributed by atoms with E-state index in [4.69, 9.17) is 0 Å². The summed E-state index contributed by atoms with van der Waals surface area (Å²) in [4.78, 5) is 16.6. The maximum atomic E-state index is 12.0. The number of anilines is 2. The second-order valence-electron chi connectivity index (χ2n) is 5.37. The lowest BCUT2D eigenvalue weighted by Crippen LogP contribution is -2.30. The molecule has 1 aromatic carbocycles. The van der Waals surface area contributed by atoms with Crippen LogP contribution in [0.25, 0.3) is 0 Å². The maximum Gasteiger partial charge on any atom is 0.228 e. The minimum atomic E-state index is 0.220. The molecule has 1 amide bonds. The minimum absolute atomic E-state index is 0.220. The van der Waals surface area contributed by atoms with Gasteiger partial charge in [0.05, 0.1) is 0 Å². The van der Waals surface area contributed by atoms with E-state index in [1.807, 2.05) is 11.0 Å². The molecule has 1 aromatic rings. The summed E-state index contributed by atoms with van der Waals surface area (Å²) in [6.45, 7) is 3.05. The number of carbonyl (C=O) groups excluding carboxylic acids is 1. The molecule has 2 saturated heterocycles. The van der Waals surface area contributed by atoms with Gasteiger partial charge in [-0.15, -0.1) is 0 Å². The molecule has 102 valence electrons. The standard InChI is InChI=1S/C15H19BrN2O/c16-12-9-15(19)18(11-12)14-6-4-5-13(10-14)17-7-2-1-3-8-17/h4-6,10,12H,1-3,7-9,11H2. The highest BCUT2D eigenvalue weighted by molar-refractivity contribution is 9.09. The fraction of sp³-hybridized carbons (Fsp3) is 0.533. The van der Waals surface area contributed by atoms with Crippen molar-refractivity contribution in [3.63, 3.8) is 0 Å². The average molecular weight is 323 g/mol. The smallest absolute Gasteiger partial charge is 0.228 e. The maximum absolute atomic E-state index is 12.0. The fourth-order valence-electron chi connectivity index (χ4n) is 2.92. The second kappa shape index (κ2) is 5.53. The molecular formula is C15H19BrN2O. The van der Waals surface area contributed by atoms with E-state index in [-0.39, 0.29) is 5.91 Å². The third kappa shape index (κ3) is 2.78. The highest BCUT2D eigenvalue weighted by atomic mass is 79.9. The van der Waals surface area contributed by atoms with Crippen molar-refractivity contribution in [1.29, 1.82) is 0 Å². The molecule has 1 unspecified atom stereocenters. The van der Waals surface area contributed by atoms with Crippen LogP contribution in [0, 0.1) is 0 Å². The molecule has 0 radical (unpaired) electrons. The van der Waals surface area contributed by atoms with Crippen LogP contribution in [0.4, 0.5) is 11.4 Å². The van der Waals surface area contributed by atoms with E-state index in [1.54, 1.807) is 0 Å². The molecule has 0 aromatic heterocycles. The summed E-state index contributed by atoms with van der Waals surface area (Å²) < 4.78 is 0. The Bertz CT molecular complexity index is 471. The molecule has 0 aliphatic carbocycles. The van der Waals surface area contributed by atoms with Crippen molar-refractivity contribution >= 4 is 33.2 Å². The first-order chi connectivity index (χ1) is 9.24. The largest absolute Gasteiger partial charge is 0.371 e. The Morgan fingerprint density at radius 3 is 2.53 bits per heavy atom. The van der Waals surface area contributed by atoms with Crippen LogP contribution in [-0.2, 0) is 4.79 Å². The van der Waals surface area contributed by atoms with Crippen LogP contribution in [-0.4, -0.2) is 30.4 Å². The van der Waals surface area contributed by atoms with Crippen LogP contribution in [0.2, 0.25) is 0 Å². The van der Waals surface area contributed by atoms with Crippen LogP contribution in [0.5, 0.6) is 0 Å². The van der Waals surface area contributed by atoms with Gasteiger partial charge in [0.15, 0.2) is 0 Å². The van der Waals surface area contributed by atoms with Crippen molar-refractivity contribution in [3.05, 3.63) is 24.3 Å². The zero-order chi connectivity index (χ0) is 13.2. The van der Waals surface area contributed by atoms with Crippen LogP contribution in [0.3, 0.4) is 0 Å². The highest BCUT2D eigenvalue weighted by Gasteiger charge is 2.29. The van der Waals surface area contributed by atoms with E-state index in [0.29, 0.717) is 11.2 Å². The van der Waals surface area contributed by atoms with Gasteiger partial charge in [-0.05, 0) is 37.5 Å². The van der Waals surface area contributed by atoms with Crippen molar-refractivity contribution < 1.29 is 4.79 Å². The van der Waals surface area contributed by atoms with Gasteiger partial charge in [0.25, 0.3) is 0 Å². The van der Waals surface area contributed by atoms with E-state index in [9.17, 15) is 4.79 Å². The lowest BCUT2D eigenvalue weighted by Gasteiger charge is -2.29. The Kier molecular flexibility index (Phi) is 3.78. The summed E-state index contributed by atoms with van der Waals surface area (Å²) in [6, 6.07) is 8.42. The molecule has 0 bridgehead atoms. The molecule has 3 rings (SSSR count). The van der Waals surface area contributed by atoms with Crippen LogP contribution < -0.4 is 9.80 Å². The molecule has 4 heteroatoms. The number of amides is 1. The van der Waals surface area contributed by atoms with Gasteiger partial charge in [-0.1, -0.05) is 22.0 Å². The van der Waals surface area contributed by atoms with Crippen LogP contribution in [0.15, 0.2) is 24.3 Å². The van der Waals surface area contributed by atoms with Crippen LogP contribution in [0.1, 0.15) is 25.7 Å². The van der Waals surface area contributed by atoms with E-state index in [0.717, 1.165) is 25.3 Å². The molecule has 2 heterocycles. The fourth-order valence-corrected chi connectivity index (χ4v) is 3.49. The normalized spacial score (nSPS) is 24.1. The molecule has 2 aliphatic rings. The summed E-state index contributed by atoms with van der Waals surface area (Å²) in [5, 5.41) is 0. The SMILES string of the molecule is O=C1CC(Br)CN1c1cccc(N2CCCCC2)c1.